The van der Waals surface area contributed by atoms with Crippen molar-refractivity contribution >= 4 is 23.7 Å². The van der Waals surface area contributed by atoms with Gasteiger partial charge >= 0.3 is 30.6 Å². The number of amides is 1. The van der Waals surface area contributed by atoms with Crippen molar-refractivity contribution in [1.29, 1.82) is 0 Å². The molecule has 4 rings (SSSR count). The van der Waals surface area contributed by atoms with Crippen molar-refractivity contribution in [3.05, 3.63) is 76.1 Å². The van der Waals surface area contributed by atoms with E-state index in [2.05, 4.69) is 15.3 Å². The fourth-order valence-electron chi connectivity index (χ4n) is 5.80. The zero-order chi connectivity index (χ0) is 39.1. The van der Waals surface area contributed by atoms with Crippen molar-refractivity contribution in [2.45, 2.75) is 82.5 Å². The minimum absolute atomic E-state index is 0.00128. The third kappa shape index (κ3) is 10.9. The molecule has 0 unspecified atom stereocenters. The Morgan fingerprint density at radius 1 is 0.906 bits per heavy atom. The minimum atomic E-state index is -5.12. The molecule has 2 heterocycles. The number of rotatable bonds is 14. The van der Waals surface area contributed by atoms with Gasteiger partial charge in [-0.2, -0.15) is 39.5 Å². The highest BCUT2D eigenvalue weighted by molar-refractivity contribution is 5.90. The van der Waals surface area contributed by atoms with Gasteiger partial charge in [0.2, 0.25) is 5.95 Å². The van der Waals surface area contributed by atoms with Gasteiger partial charge in [0.1, 0.15) is 6.61 Å². The van der Waals surface area contributed by atoms with Crippen molar-refractivity contribution in [3.63, 3.8) is 0 Å². The molecule has 2 atom stereocenters. The van der Waals surface area contributed by atoms with Crippen molar-refractivity contribution in [1.82, 2.24) is 9.97 Å². The van der Waals surface area contributed by atoms with Crippen molar-refractivity contribution in [3.8, 4) is 5.75 Å². The maximum absolute atomic E-state index is 13.9. The number of alkyl halides is 9. The first-order valence-corrected chi connectivity index (χ1v) is 16.3. The van der Waals surface area contributed by atoms with Crippen molar-refractivity contribution in [2.24, 2.45) is 0 Å². The second-order valence-corrected chi connectivity index (χ2v) is 12.1. The number of anilines is 2. The van der Waals surface area contributed by atoms with Crippen LogP contribution in [0, 0.1) is 0 Å². The van der Waals surface area contributed by atoms with Crippen LogP contribution in [0.4, 0.5) is 55.9 Å². The number of fused-ring (bicyclic) bond motifs is 1. The zero-order valence-electron chi connectivity index (χ0n) is 28.0. The summed E-state index contributed by atoms with van der Waals surface area (Å²) in [6.45, 7) is 0.821. The highest BCUT2D eigenvalue weighted by Crippen LogP contribution is 2.43. The molecule has 0 saturated carbocycles. The number of aliphatic hydroxyl groups is 1. The molecule has 53 heavy (non-hydrogen) atoms. The number of aliphatic carboxylic acids is 1. The van der Waals surface area contributed by atoms with Crippen LogP contribution in [0.1, 0.15) is 85.0 Å². The number of carbonyl (C=O) groups excluding carboxylic acids is 1. The molecular weight excluding hydrogens is 731 g/mol. The third-order valence-electron chi connectivity index (χ3n) is 8.29. The van der Waals surface area contributed by atoms with E-state index < -0.39 is 78.0 Å². The van der Waals surface area contributed by atoms with E-state index in [9.17, 15) is 54.2 Å². The lowest BCUT2D eigenvalue weighted by Crippen LogP contribution is -2.46. The summed E-state index contributed by atoms with van der Waals surface area (Å²) in [5.41, 5.74) is -4.70. The average molecular weight is 767 g/mol. The third-order valence-corrected chi connectivity index (χ3v) is 8.29. The predicted octanol–water partition coefficient (Wildman–Crippen LogP) is 8.42. The van der Waals surface area contributed by atoms with E-state index >= 15 is 0 Å². The van der Waals surface area contributed by atoms with Crippen LogP contribution < -0.4 is 15.0 Å². The van der Waals surface area contributed by atoms with Crippen LogP contribution in [-0.2, 0) is 34.5 Å². The van der Waals surface area contributed by atoms with Crippen molar-refractivity contribution < 1.29 is 68.8 Å². The quantitative estimate of drug-likeness (QED) is 0.109. The molecule has 2 aromatic carbocycles. The Bertz CT molecular complexity index is 1720. The molecule has 0 fully saturated rings. The standard InChI is InChI=1S/C34H35F9N4O6/c1-2-23-17-25(24-16-20(32(35,36)37)7-8-27(24)47(23)31(51)53-10-5-3-4-6-29(49)50)45-30-44-18-28(52-11-9-48)26(46-30)14-19-12-21(33(38,39)40)15-22(13-19)34(41,42)43/h7-8,12-13,15-16,18,23,25,48H,2-6,9-11,14,17H2,1H3,(H,49,50)(H,44,45,46)/t23-,25+/m1/s1. The van der Waals surface area contributed by atoms with E-state index in [1.54, 1.807) is 6.92 Å². The van der Waals surface area contributed by atoms with Gasteiger partial charge in [-0.3, -0.25) is 9.69 Å². The fraction of sp³-hybridized carbons (Fsp3) is 0.471. The van der Waals surface area contributed by atoms with Crippen LogP contribution in [0.25, 0.3) is 0 Å². The Balaban J connectivity index is 1.69. The molecule has 290 valence electrons. The summed E-state index contributed by atoms with van der Waals surface area (Å²) in [6.07, 6.45) is -14.0. The summed E-state index contributed by atoms with van der Waals surface area (Å²) >= 11 is 0. The maximum Gasteiger partial charge on any atom is 0.416 e. The summed E-state index contributed by atoms with van der Waals surface area (Å²) in [5.74, 6) is -1.41. The number of aromatic nitrogens is 2. The van der Waals surface area contributed by atoms with Crippen LogP contribution in [0.3, 0.4) is 0 Å². The molecule has 0 aliphatic carbocycles. The number of carbonyl (C=O) groups is 2. The van der Waals surface area contributed by atoms with Gasteiger partial charge in [0.25, 0.3) is 0 Å². The van der Waals surface area contributed by atoms with Gasteiger partial charge in [-0.05, 0) is 79.6 Å². The van der Waals surface area contributed by atoms with E-state index in [0.717, 1.165) is 24.4 Å². The monoisotopic (exact) mass is 766 g/mol. The molecule has 0 radical (unpaired) electrons. The van der Waals surface area contributed by atoms with Gasteiger partial charge in [-0.25, -0.2) is 14.8 Å². The lowest BCUT2D eigenvalue weighted by Gasteiger charge is -2.40. The second-order valence-electron chi connectivity index (χ2n) is 12.1. The number of unbranched alkanes of at least 4 members (excludes halogenated alkanes) is 2. The molecule has 3 N–H and O–H groups in total. The predicted molar refractivity (Wildman–Crippen MR) is 170 cm³/mol. The average Bonchev–Trinajstić information content (AvgIpc) is 3.07. The lowest BCUT2D eigenvalue weighted by molar-refractivity contribution is -0.143. The number of ether oxygens (including phenoxy) is 2. The first-order chi connectivity index (χ1) is 24.8. The lowest BCUT2D eigenvalue weighted by atomic mass is 9.89. The highest BCUT2D eigenvalue weighted by atomic mass is 19.4. The fourth-order valence-corrected chi connectivity index (χ4v) is 5.80. The Morgan fingerprint density at radius 2 is 1.57 bits per heavy atom. The molecule has 1 aliphatic heterocycles. The van der Waals surface area contributed by atoms with Gasteiger partial charge in [0, 0.05) is 18.9 Å². The normalized spacial score (nSPS) is 16.2. The SMILES string of the molecule is CC[C@@H]1C[C@H](Nc2ncc(OCCO)c(Cc3cc(C(F)(F)F)cc(C(F)(F)F)c3)n2)c2cc(C(F)(F)F)ccc2N1C(=O)OCCCCCC(=O)O. The van der Waals surface area contributed by atoms with E-state index in [1.807, 2.05) is 0 Å². The van der Waals surface area contributed by atoms with E-state index in [-0.39, 0.29) is 60.8 Å². The number of carboxylic acids is 1. The van der Waals surface area contributed by atoms with Gasteiger partial charge in [0.15, 0.2) is 5.75 Å². The number of hydrogen-bond donors (Lipinski definition) is 3. The van der Waals surface area contributed by atoms with Gasteiger partial charge in [0.05, 0.1) is 53.5 Å². The van der Waals surface area contributed by atoms with Gasteiger partial charge < -0.3 is 25.0 Å². The minimum Gasteiger partial charge on any atom is -0.488 e. The van der Waals surface area contributed by atoms with Crippen LogP contribution in [0.15, 0.2) is 42.6 Å². The van der Waals surface area contributed by atoms with Gasteiger partial charge in [-0.15, -0.1) is 0 Å². The summed E-state index contributed by atoms with van der Waals surface area (Å²) in [5, 5.41) is 21.0. The number of halogens is 9. The molecule has 19 heteroatoms. The molecule has 1 aromatic heterocycles. The number of carboxylic acid groups (broad SMARTS) is 1. The number of hydrogen-bond acceptors (Lipinski definition) is 8. The van der Waals surface area contributed by atoms with Gasteiger partial charge in [-0.1, -0.05) is 6.92 Å². The Kier molecular flexibility index (Phi) is 13.1. The Labute approximate surface area is 296 Å². The molecule has 3 aromatic rings. The van der Waals surface area contributed by atoms with Crippen LogP contribution in [0.2, 0.25) is 0 Å². The molecule has 0 bridgehead atoms. The number of benzene rings is 2. The summed E-state index contributed by atoms with van der Waals surface area (Å²) in [6, 6.07) is 2.15. The number of nitrogens with zero attached hydrogens (tertiary/aromatic N) is 3. The van der Waals surface area contributed by atoms with Crippen molar-refractivity contribution in [2.75, 3.05) is 30.0 Å². The topological polar surface area (TPSA) is 134 Å². The molecule has 0 saturated heterocycles. The van der Waals surface area contributed by atoms with E-state index in [0.29, 0.717) is 37.8 Å². The zero-order valence-corrected chi connectivity index (χ0v) is 28.0. The first kappa shape index (κ1) is 41.0. The smallest absolute Gasteiger partial charge is 0.416 e. The molecule has 1 amide bonds. The molecular formula is C34H35F9N4O6. The number of nitrogens with one attached hydrogen (secondary N) is 1. The molecule has 1 aliphatic rings. The Hall–Kier alpha value is -4.81. The highest BCUT2D eigenvalue weighted by Gasteiger charge is 2.40. The summed E-state index contributed by atoms with van der Waals surface area (Å²) < 4.78 is 134. The number of aliphatic hydroxyl groups excluding tert-OH is 1. The first-order valence-electron chi connectivity index (χ1n) is 16.3. The molecule has 10 nitrogen and oxygen atoms in total. The van der Waals surface area contributed by atoms with E-state index in [4.69, 9.17) is 14.6 Å². The molecule has 0 spiro atoms. The van der Waals surface area contributed by atoms with Crippen LogP contribution in [0.5, 0.6) is 5.75 Å². The summed E-state index contributed by atoms with van der Waals surface area (Å²) in [7, 11) is 0. The maximum atomic E-state index is 13.9. The van der Waals surface area contributed by atoms with E-state index in [1.165, 1.54) is 4.90 Å². The Morgan fingerprint density at radius 3 is 2.15 bits per heavy atom. The summed E-state index contributed by atoms with van der Waals surface area (Å²) in [4.78, 5) is 33.6. The largest absolute Gasteiger partial charge is 0.488 e. The van der Waals surface area contributed by atoms with Crippen LogP contribution >= 0.6 is 0 Å². The second kappa shape index (κ2) is 16.9. The van der Waals surface area contributed by atoms with Crippen LogP contribution in [-0.4, -0.2) is 58.1 Å².